The van der Waals surface area contributed by atoms with Crippen LogP contribution in [0.4, 0.5) is 0 Å². The third-order valence-corrected chi connectivity index (χ3v) is 12.4. The Hall–Kier alpha value is -1.40. The highest BCUT2D eigenvalue weighted by Crippen LogP contribution is 2.49. The first-order valence-corrected chi connectivity index (χ1v) is 19.1. The van der Waals surface area contributed by atoms with Crippen molar-refractivity contribution in [1.82, 2.24) is 0 Å². The predicted molar refractivity (Wildman–Crippen MR) is 207 cm³/mol. The maximum absolute atomic E-state index is 11.8. The third-order valence-electron chi connectivity index (χ3n) is 12.4. The fraction of sp³-hybridized carbons (Fsp3) is 0.814. The zero-order valence-corrected chi connectivity index (χ0v) is 32.0. The lowest BCUT2D eigenvalue weighted by Crippen LogP contribution is -2.59. The second-order valence-corrected chi connectivity index (χ2v) is 16.4. The van der Waals surface area contributed by atoms with E-state index in [1.54, 1.807) is 20.3 Å². The van der Waals surface area contributed by atoms with Gasteiger partial charge in [0.05, 0.1) is 65.6 Å². The van der Waals surface area contributed by atoms with Crippen molar-refractivity contribution >= 4 is 0 Å². The highest BCUT2D eigenvalue weighted by molar-refractivity contribution is 5.27. The molecule has 300 valence electrons. The summed E-state index contributed by atoms with van der Waals surface area (Å²) in [7, 11) is 3.28. The molecule has 5 heterocycles. The van der Waals surface area contributed by atoms with E-state index in [0.29, 0.717) is 25.2 Å². The number of rotatable bonds is 11. The van der Waals surface area contributed by atoms with Gasteiger partial charge in [-0.3, -0.25) is 0 Å². The first-order chi connectivity index (χ1) is 23.7. The number of fused-ring (bicyclic) bond motifs is 4. The Bertz CT molecular complexity index is 1220. The summed E-state index contributed by atoms with van der Waals surface area (Å²) in [6.45, 7) is 16.3. The van der Waals surface area contributed by atoms with Crippen LogP contribution in [0.5, 0.6) is 0 Å². The zero-order chi connectivity index (χ0) is 36.3. The van der Waals surface area contributed by atoms with Crippen LogP contribution in [0.3, 0.4) is 0 Å². The third kappa shape index (κ3) is 10.3. The van der Waals surface area contributed by atoms with Crippen molar-refractivity contribution in [1.29, 1.82) is 0 Å². The first kappa shape index (κ1) is 45.0. The Morgan fingerprint density at radius 3 is 2.21 bits per heavy atom. The molecule has 0 spiro atoms. The van der Waals surface area contributed by atoms with Gasteiger partial charge in [0.1, 0.15) is 6.10 Å². The van der Waals surface area contributed by atoms with Crippen LogP contribution in [0.2, 0.25) is 0 Å². The lowest BCUT2D eigenvalue weighted by Gasteiger charge is -2.49. The smallest absolute Gasteiger partial charge is 0.176 e. The maximum atomic E-state index is 11.8. The summed E-state index contributed by atoms with van der Waals surface area (Å²) in [6, 6.07) is 0. The molecule has 0 amide bonds. The Morgan fingerprint density at radius 2 is 1.52 bits per heavy atom. The van der Waals surface area contributed by atoms with Gasteiger partial charge in [-0.1, -0.05) is 58.2 Å². The number of hydrogen-bond donors (Lipinski definition) is 2. The van der Waals surface area contributed by atoms with Gasteiger partial charge in [-0.05, 0) is 110 Å². The first-order valence-electron chi connectivity index (χ1n) is 19.1. The van der Waals surface area contributed by atoms with Crippen LogP contribution in [-0.4, -0.2) is 102 Å². The second kappa shape index (κ2) is 19.0. The van der Waals surface area contributed by atoms with Crippen molar-refractivity contribution < 1.29 is 43.4 Å². The van der Waals surface area contributed by atoms with E-state index in [2.05, 4.69) is 53.3 Å². The zero-order valence-electron chi connectivity index (χ0n) is 32.0. The van der Waals surface area contributed by atoms with Crippen molar-refractivity contribution in [3.8, 4) is 0 Å². The molecule has 52 heavy (non-hydrogen) atoms. The number of aliphatic hydroxyl groups excluding tert-OH is 1. The molecule has 5 rings (SSSR count). The van der Waals surface area contributed by atoms with Crippen LogP contribution >= 0.6 is 0 Å². The second-order valence-electron chi connectivity index (χ2n) is 16.4. The van der Waals surface area contributed by atoms with E-state index in [-0.39, 0.29) is 63.9 Å². The predicted octanol–water partition coefficient (Wildman–Crippen LogP) is 8.17. The minimum absolute atomic E-state index is 0. The number of allylic oxidation sites excluding steroid dienone is 6. The summed E-state index contributed by atoms with van der Waals surface area (Å²) in [5, 5.41) is 23.1. The minimum atomic E-state index is -0.924. The molecule has 0 aromatic rings. The summed E-state index contributed by atoms with van der Waals surface area (Å²) in [5.74, 6) is 0.305. The molecule has 9 heteroatoms. The molecule has 5 aliphatic heterocycles. The van der Waals surface area contributed by atoms with Crippen LogP contribution in [0.15, 0.2) is 48.1 Å². The Morgan fingerprint density at radius 1 is 0.865 bits per heavy atom. The van der Waals surface area contributed by atoms with E-state index in [9.17, 15) is 10.2 Å². The summed E-state index contributed by atoms with van der Waals surface area (Å²) >= 11 is 0. The summed E-state index contributed by atoms with van der Waals surface area (Å²) in [4.78, 5) is 0. The van der Waals surface area contributed by atoms with Gasteiger partial charge < -0.3 is 43.4 Å². The van der Waals surface area contributed by atoms with Gasteiger partial charge in [0.2, 0.25) is 0 Å². The number of methoxy groups -OCH3 is 2. The average molecular weight is 735 g/mol. The van der Waals surface area contributed by atoms with E-state index in [1.807, 2.05) is 19.1 Å². The standard InChI is InChI=1S/C41H66O9.2CH4/c1-10-11-12-13-17-34-39(5,43)20-18-31-32(46-34)19-21-40(6)36(47-31)24-33-38(50-40)29(42)25-41(7)35(48-33)22-28(4)30(49-41)16-14-15-26(2)27(3)23-37(44-8)45-9;;/h10-12,15,23,28-38,42-43H,1,13-14,16-22,24-25H2,2-9H3;2*1H4/b12-11-,26-15+,27-23+;;. The number of aliphatic hydroxyl groups is 2. The maximum Gasteiger partial charge on any atom is 0.176 e. The normalized spacial score (nSPS) is 42.7. The van der Waals surface area contributed by atoms with Crippen LogP contribution in [0.25, 0.3) is 0 Å². The summed E-state index contributed by atoms with van der Waals surface area (Å²) in [5.41, 5.74) is 0.199. The lowest BCUT2D eigenvalue weighted by molar-refractivity contribution is -0.273. The molecular formula is C43H74O9. The molecule has 0 bridgehead atoms. The highest BCUT2D eigenvalue weighted by Gasteiger charge is 2.58. The van der Waals surface area contributed by atoms with Gasteiger partial charge >= 0.3 is 0 Å². The topological polar surface area (TPSA) is 105 Å². The molecule has 9 nitrogen and oxygen atoms in total. The Kier molecular flexibility index (Phi) is 16.4. The SMILES string of the molecule is C.C.C=C/C=C\CCC1OC2CCC3(C)OC4C(O)CC5(C)OC(CC/C=C(C)/C(C)=C/C(OC)OC)C(C)CC5OC4CC3OC2CCC1(C)O. The van der Waals surface area contributed by atoms with Crippen LogP contribution in [-0.2, 0) is 33.2 Å². The Labute approximate surface area is 316 Å². The van der Waals surface area contributed by atoms with Gasteiger partial charge in [-0.25, -0.2) is 0 Å². The number of hydrogen-bond acceptors (Lipinski definition) is 9. The van der Waals surface area contributed by atoms with E-state index in [0.717, 1.165) is 56.9 Å². The Balaban J connectivity index is 0.00000364. The van der Waals surface area contributed by atoms with Gasteiger partial charge in [0.25, 0.3) is 0 Å². The monoisotopic (exact) mass is 735 g/mol. The molecule has 2 N–H and O–H groups in total. The highest BCUT2D eigenvalue weighted by atomic mass is 16.7. The van der Waals surface area contributed by atoms with Crippen LogP contribution < -0.4 is 0 Å². The summed E-state index contributed by atoms with van der Waals surface area (Å²) < 4.78 is 45.0. The van der Waals surface area contributed by atoms with E-state index >= 15 is 0 Å². The number of ether oxygens (including phenoxy) is 7. The average Bonchev–Trinajstić information content (AvgIpc) is 3.33. The fourth-order valence-corrected chi connectivity index (χ4v) is 8.97. The van der Waals surface area contributed by atoms with Crippen molar-refractivity contribution in [2.24, 2.45) is 5.92 Å². The molecule has 5 saturated heterocycles. The van der Waals surface area contributed by atoms with Gasteiger partial charge in [0.15, 0.2) is 6.29 Å². The van der Waals surface area contributed by atoms with Crippen molar-refractivity contribution in [3.05, 3.63) is 48.1 Å². The van der Waals surface area contributed by atoms with Crippen molar-refractivity contribution in [2.45, 2.75) is 205 Å². The lowest BCUT2D eigenvalue weighted by atomic mass is 9.79. The minimum Gasteiger partial charge on any atom is -0.390 e. The fourth-order valence-electron chi connectivity index (χ4n) is 8.97. The van der Waals surface area contributed by atoms with Gasteiger partial charge in [0, 0.05) is 27.1 Å². The van der Waals surface area contributed by atoms with Crippen LogP contribution in [0.1, 0.15) is 127 Å². The van der Waals surface area contributed by atoms with E-state index in [1.165, 1.54) is 5.57 Å². The molecule has 5 fully saturated rings. The molecule has 0 aromatic heterocycles. The van der Waals surface area contributed by atoms with Gasteiger partial charge in [-0.2, -0.15) is 0 Å². The molecule has 13 unspecified atom stereocenters. The van der Waals surface area contributed by atoms with Crippen molar-refractivity contribution in [3.63, 3.8) is 0 Å². The molecule has 5 aliphatic rings. The molecule has 0 aliphatic carbocycles. The van der Waals surface area contributed by atoms with Gasteiger partial charge in [-0.15, -0.1) is 0 Å². The molecule has 13 atom stereocenters. The molecule has 0 aromatic carbocycles. The van der Waals surface area contributed by atoms with E-state index in [4.69, 9.17) is 33.2 Å². The largest absolute Gasteiger partial charge is 0.390 e. The molecule has 0 radical (unpaired) electrons. The van der Waals surface area contributed by atoms with Crippen LogP contribution in [0, 0.1) is 5.92 Å². The molecule has 0 saturated carbocycles. The quantitative estimate of drug-likeness (QED) is 0.161. The molecular weight excluding hydrogens is 660 g/mol. The van der Waals surface area contributed by atoms with E-state index < -0.39 is 29.0 Å². The van der Waals surface area contributed by atoms with Crippen molar-refractivity contribution in [2.75, 3.05) is 14.2 Å². The summed E-state index contributed by atoms with van der Waals surface area (Å²) in [6.07, 6.45) is 15.5.